The minimum absolute atomic E-state index is 0.0801. The summed E-state index contributed by atoms with van der Waals surface area (Å²) >= 11 is 4.70. The van der Waals surface area contributed by atoms with Crippen LogP contribution in [0.4, 0.5) is 5.69 Å². The highest BCUT2D eigenvalue weighted by Crippen LogP contribution is 2.22. The highest BCUT2D eigenvalue weighted by molar-refractivity contribution is 9.10. The smallest absolute Gasteiger partial charge is 0.243 e. The van der Waals surface area contributed by atoms with Crippen LogP contribution in [0.1, 0.15) is 0 Å². The summed E-state index contributed by atoms with van der Waals surface area (Å²) < 4.78 is 2.74. The SMILES string of the molecule is Cn1c(SCC(=O)NCC(=O)Nc2ccccc2Br)nc2ccccc21. The maximum atomic E-state index is 12.0. The molecule has 0 atom stereocenters. The first-order valence-electron chi connectivity index (χ1n) is 7.90. The van der Waals surface area contributed by atoms with Gasteiger partial charge in [0, 0.05) is 11.5 Å². The molecule has 3 rings (SSSR count). The number of thioether (sulfide) groups is 1. The van der Waals surface area contributed by atoms with Crippen LogP contribution >= 0.6 is 27.7 Å². The summed E-state index contributed by atoms with van der Waals surface area (Å²) in [6.07, 6.45) is 0. The molecule has 134 valence electrons. The number of aryl methyl sites for hydroxylation is 1. The predicted octanol–water partition coefficient (Wildman–Crippen LogP) is 3.18. The van der Waals surface area contributed by atoms with E-state index in [1.54, 1.807) is 6.07 Å². The van der Waals surface area contributed by atoms with Crippen LogP contribution in [-0.2, 0) is 16.6 Å². The zero-order chi connectivity index (χ0) is 18.5. The van der Waals surface area contributed by atoms with Gasteiger partial charge in [0.15, 0.2) is 5.16 Å². The third-order valence-electron chi connectivity index (χ3n) is 3.67. The van der Waals surface area contributed by atoms with E-state index in [0.717, 1.165) is 20.7 Å². The van der Waals surface area contributed by atoms with Crippen molar-refractivity contribution in [2.45, 2.75) is 5.16 Å². The first-order valence-corrected chi connectivity index (χ1v) is 9.68. The average Bonchev–Trinajstić information content (AvgIpc) is 2.96. The van der Waals surface area contributed by atoms with E-state index in [1.165, 1.54) is 11.8 Å². The van der Waals surface area contributed by atoms with Crippen molar-refractivity contribution in [3.8, 4) is 0 Å². The lowest BCUT2D eigenvalue weighted by molar-refractivity contribution is -0.122. The van der Waals surface area contributed by atoms with Gasteiger partial charge < -0.3 is 15.2 Å². The second-order valence-electron chi connectivity index (χ2n) is 5.54. The molecule has 0 unspecified atom stereocenters. The largest absolute Gasteiger partial charge is 0.346 e. The molecular formula is C18H17BrN4O2S. The minimum Gasteiger partial charge on any atom is -0.346 e. The monoisotopic (exact) mass is 432 g/mol. The van der Waals surface area contributed by atoms with Crippen LogP contribution < -0.4 is 10.6 Å². The molecule has 1 aromatic heterocycles. The van der Waals surface area contributed by atoms with Gasteiger partial charge in [-0.25, -0.2) is 4.98 Å². The molecule has 2 N–H and O–H groups in total. The second-order valence-corrected chi connectivity index (χ2v) is 7.33. The lowest BCUT2D eigenvalue weighted by atomic mass is 10.3. The van der Waals surface area contributed by atoms with Crippen molar-refractivity contribution in [3.05, 3.63) is 53.0 Å². The highest BCUT2D eigenvalue weighted by atomic mass is 79.9. The minimum atomic E-state index is -0.280. The zero-order valence-corrected chi connectivity index (χ0v) is 16.4. The normalized spacial score (nSPS) is 10.7. The number of aromatic nitrogens is 2. The Hall–Kier alpha value is -2.32. The van der Waals surface area contributed by atoms with Crippen molar-refractivity contribution >= 4 is 56.2 Å². The number of carbonyl (C=O) groups excluding carboxylic acids is 2. The van der Waals surface area contributed by atoms with Gasteiger partial charge in [0.2, 0.25) is 11.8 Å². The van der Waals surface area contributed by atoms with Gasteiger partial charge >= 0.3 is 0 Å². The van der Waals surface area contributed by atoms with Gasteiger partial charge in [0.1, 0.15) is 0 Å². The molecule has 3 aromatic rings. The number of rotatable bonds is 6. The number of nitrogens with one attached hydrogen (secondary N) is 2. The van der Waals surface area contributed by atoms with Gasteiger partial charge in [-0.1, -0.05) is 36.0 Å². The lowest BCUT2D eigenvalue weighted by Gasteiger charge is -2.08. The predicted molar refractivity (Wildman–Crippen MR) is 107 cm³/mol. The first kappa shape index (κ1) is 18.5. The number of carbonyl (C=O) groups is 2. The molecule has 2 amide bonds. The molecule has 8 heteroatoms. The molecule has 0 aliphatic carbocycles. The van der Waals surface area contributed by atoms with E-state index in [4.69, 9.17) is 0 Å². The van der Waals surface area contributed by atoms with Gasteiger partial charge in [0.05, 0.1) is 29.0 Å². The maximum Gasteiger partial charge on any atom is 0.243 e. The summed E-state index contributed by atoms with van der Waals surface area (Å²) in [5.41, 5.74) is 2.58. The summed E-state index contributed by atoms with van der Waals surface area (Å²) in [7, 11) is 1.92. The quantitative estimate of drug-likeness (QED) is 0.586. The van der Waals surface area contributed by atoms with E-state index in [2.05, 4.69) is 31.5 Å². The van der Waals surface area contributed by atoms with Crippen LogP contribution in [-0.4, -0.2) is 33.7 Å². The number of amides is 2. The molecule has 1 heterocycles. The van der Waals surface area contributed by atoms with Gasteiger partial charge in [-0.05, 0) is 40.2 Å². The molecule has 26 heavy (non-hydrogen) atoms. The zero-order valence-electron chi connectivity index (χ0n) is 14.0. The molecule has 0 saturated heterocycles. The highest BCUT2D eigenvalue weighted by Gasteiger charge is 2.11. The Labute approximate surface area is 163 Å². The van der Waals surface area contributed by atoms with Crippen LogP contribution in [0, 0.1) is 0 Å². The van der Waals surface area contributed by atoms with Gasteiger partial charge in [-0.2, -0.15) is 0 Å². The third kappa shape index (κ3) is 4.44. The van der Waals surface area contributed by atoms with Crippen LogP contribution in [0.2, 0.25) is 0 Å². The van der Waals surface area contributed by atoms with Crippen molar-refractivity contribution in [2.24, 2.45) is 7.05 Å². The van der Waals surface area contributed by atoms with Crippen molar-refractivity contribution in [3.63, 3.8) is 0 Å². The fourth-order valence-electron chi connectivity index (χ4n) is 2.37. The number of nitrogens with zero attached hydrogens (tertiary/aromatic N) is 2. The summed E-state index contributed by atoms with van der Waals surface area (Å²) in [6, 6.07) is 15.1. The number of fused-ring (bicyclic) bond motifs is 1. The molecule has 0 aliphatic heterocycles. The second kappa shape index (κ2) is 8.37. The van der Waals surface area contributed by atoms with E-state index in [1.807, 2.05) is 54.1 Å². The number of hydrogen-bond donors (Lipinski definition) is 2. The Morgan fingerprint density at radius 2 is 1.85 bits per heavy atom. The van der Waals surface area contributed by atoms with Crippen molar-refractivity contribution in [1.29, 1.82) is 0 Å². The molecule has 0 saturated carbocycles. The standard InChI is InChI=1S/C18H17BrN4O2S/c1-23-15-9-5-4-8-14(15)22-18(23)26-11-17(25)20-10-16(24)21-13-7-3-2-6-12(13)19/h2-9H,10-11H2,1H3,(H,20,25)(H,21,24). The molecule has 0 bridgehead atoms. The summed E-state index contributed by atoms with van der Waals surface area (Å²) in [5, 5.41) is 6.13. The van der Waals surface area contributed by atoms with Crippen LogP contribution in [0.15, 0.2) is 58.2 Å². The molecule has 0 radical (unpaired) electrons. The number of benzene rings is 2. The van der Waals surface area contributed by atoms with Crippen LogP contribution in [0.5, 0.6) is 0 Å². The lowest BCUT2D eigenvalue weighted by Crippen LogP contribution is -2.34. The number of imidazole rings is 1. The maximum absolute atomic E-state index is 12.0. The Morgan fingerprint density at radius 1 is 1.12 bits per heavy atom. The van der Waals surface area contributed by atoms with E-state index >= 15 is 0 Å². The number of para-hydroxylation sites is 3. The topological polar surface area (TPSA) is 76.0 Å². The number of hydrogen-bond acceptors (Lipinski definition) is 4. The van der Waals surface area contributed by atoms with Gasteiger partial charge in [-0.3, -0.25) is 9.59 Å². The van der Waals surface area contributed by atoms with Crippen LogP contribution in [0.3, 0.4) is 0 Å². The molecule has 6 nitrogen and oxygen atoms in total. The molecule has 0 fully saturated rings. The Balaban J connectivity index is 1.49. The van der Waals surface area contributed by atoms with Gasteiger partial charge in [-0.15, -0.1) is 0 Å². The molecule has 0 aliphatic rings. The van der Waals surface area contributed by atoms with Crippen LogP contribution in [0.25, 0.3) is 11.0 Å². The summed E-state index contributed by atoms with van der Waals surface area (Å²) in [6.45, 7) is -0.0801. The van der Waals surface area contributed by atoms with E-state index in [0.29, 0.717) is 5.69 Å². The third-order valence-corrected chi connectivity index (χ3v) is 5.39. The Kier molecular flexibility index (Phi) is 5.95. The average molecular weight is 433 g/mol. The van der Waals surface area contributed by atoms with Gasteiger partial charge in [0.25, 0.3) is 0 Å². The number of anilines is 1. The van der Waals surface area contributed by atoms with Crippen molar-refractivity contribution in [1.82, 2.24) is 14.9 Å². The summed E-state index contributed by atoms with van der Waals surface area (Å²) in [4.78, 5) is 28.5. The molecular weight excluding hydrogens is 416 g/mol. The van der Waals surface area contributed by atoms with E-state index in [9.17, 15) is 9.59 Å². The number of halogens is 1. The van der Waals surface area contributed by atoms with E-state index in [-0.39, 0.29) is 24.1 Å². The molecule has 2 aromatic carbocycles. The van der Waals surface area contributed by atoms with Crippen molar-refractivity contribution in [2.75, 3.05) is 17.6 Å². The Bertz CT molecular complexity index is 957. The fraction of sp³-hybridized carbons (Fsp3) is 0.167. The first-order chi connectivity index (χ1) is 12.5. The fourth-order valence-corrected chi connectivity index (χ4v) is 3.57. The molecule has 0 spiro atoms. The summed E-state index contributed by atoms with van der Waals surface area (Å²) in [5.74, 6) is -0.304. The van der Waals surface area contributed by atoms with Crippen molar-refractivity contribution < 1.29 is 9.59 Å². The van der Waals surface area contributed by atoms with E-state index < -0.39 is 0 Å². The Morgan fingerprint density at radius 3 is 2.62 bits per heavy atom.